The molecule has 6 rings (SSSR count). The normalized spacial score (nSPS) is 17.2. The number of thioether (sulfide) groups is 1. The van der Waals surface area contributed by atoms with Gasteiger partial charge in [-0.3, -0.25) is 9.59 Å². The zero-order valence-corrected chi connectivity index (χ0v) is 28.6. The fourth-order valence-electron chi connectivity index (χ4n) is 5.81. The molecule has 12 heteroatoms. The Bertz CT molecular complexity index is 2520. The number of hydrogen-bond donors (Lipinski definition) is 0. The maximum atomic E-state index is 14.9. The van der Waals surface area contributed by atoms with Crippen LogP contribution in [0.15, 0.2) is 107 Å². The van der Waals surface area contributed by atoms with Gasteiger partial charge in [-0.05, 0) is 59.8 Å². The van der Waals surface area contributed by atoms with Gasteiger partial charge in [-0.1, -0.05) is 60.6 Å². The van der Waals surface area contributed by atoms with Crippen molar-refractivity contribution >= 4 is 28.6 Å². The molecule has 1 aromatic heterocycles. The highest BCUT2D eigenvalue weighted by molar-refractivity contribution is 7.98. The van der Waals surface area contributed by atoms with E-state index in [4.69, 9.17) is 14.3 Å². The summed E-state index contributed by atoms with van der Waals surface area (Å²) in [5.74, 6) is -3.75. The molecule has 1 amide bonds. The molecule has 0 aliphatic carbocycles. The fourth-order valence-corrected chi connectivity index (χ4v) is 6.80. The van der Waals surface area contributed by atoms with Crippen molar-refractivity contribution in [3.63, 3.8) is 0 Å². The van der Waals surface area contributed by atoms with Crippen LogP contribution < -0.4 is 5.43 Å². The zero-order valence-electron chi connectivity index (χ0n) is 36.7. The lowest BCUT2D eigenvalue weighted by molar-refractivity contribution is -0.137. The summed E-state index contributed by atoms with van der Waals surface area (Å²) in [5.41, 5.74) is -1.85. The average Bonchev–Trinajstić information content (AvgIpc) is 3.21. The van der Waals surface area contributed by atoms with Crippen molar-refractivity contribution in [1.29, 1.82) is 0 Å². The van der Waals surface area contributed by atoms with Crippen LogP contribution in [0.2, 0.25) is 0 Å². The maximum absolute atomic E-state index is 14.9. The number of pyridine rings is 1. The number of ether oxygens (including phenoxy) is 1. The van der Waals surface area contributed by atoms with Crippen molar-refractivity contribution < 1.29 is 43.8 Å². The van der Waals surface area contributed by atoms with Gasteiger partial charge in [0.15, 0.2) is 17.1 Å². The van der Waals surface area contributed by atoms with Crippen molar-refractivity contribution in [2.75, 3.05) is 33.3 Å². The van der Waals surface area contributed by atoms with Gasteiger partial charge in [-0.25, -0.2) is 8.78 Å². The van der Waals surface area contributed by atoms with E-state index in [0.717, 1.165) is 27.7 Å². The lowest BCUT2D eigenvalue weighted by Gasteiger charge is -2.39. The van der Waals surface area contributed by atoms with E-state index in [0.29, 0.717) is 22.9 Å². The number of hydrogen-bond acceptors (Lipinski definition) is 5. The van der Waals surface area contributed by atoms with Crippen molar-refractivity contribution in [1.82, 2.24) is 14.4 Å². The number of piperidine rings is 1. The number of benzene rings is 4. The number of fused-ring (bicyclic) bond motifs is 1. The third-order valence-corrected chi connectivity index (χ3v) is 9.58. The highest BCUT2D eigenvalue weighted by atomic mass is 32.2. The Kier molecular flexibility index (Phi) is 8.58. The molecule has 2 heterocycles. The molecule has 1 fully saturated rings. The molecule has 0 saturated carbocycles. The average molecular weight is 745 g/mol. The summed E-state index contributed by atoms with van der Waals surface area (Å²) in [6.45, 7) is -5.64. The van der Waals surface area contributed by atoms with Gasteiger partial charge in [0.1, 0.15) is 6.54 Å². The van der Waals surface area contributed by atoms with Gasteiger partial charge in [-0.2, -0.15) is 13.2 Å². The summed E-state index contributed by atoms with van der Waals surface area (Å²) >= 11 is 0.635. The molecule has 6 nitrogen and oxygen atoms in total. The molecule has 0 spiro atoms. The van der Waals surface area contributed by atoms with E-state index in [-0.39, 0.29) is 48.7 Å². The highest BCUT2D eigenvalue weighted by Gasteiger charge is 2.31. The third-order valence-electron chi connectivity index (χ3n) is 8.53. The minimum atomic E-state index is -4.56. The lowest BCUT2D eigenvalue weighted by atomic mass is 10.00. The Hall–Kier alpha value is -4.52. The summed E-state index contributed by atoms with van der Waals surface area (Å²) < 4.78 is 153. The number of carbonyl (C=O) groups is 1. The molecule has 1 aliphatic heterocycles. The van der Waals surface area contributed by atoms with E-state index in [9.17, 15) is 34.3 Å². The van der Waals surface area contributed by atoms with Gasteiger partial charge >= 0.3 is 6.18 Å². The molecule has 0 atom stereocenters. The summed E-state index contributed by atoms with van der Waals surface area (Å²) in [5, 5.41) is -0.962. The molecule has 0 radical (unpaired) electrons. The van der Waals surface area contributed by atoms with Crippen LogP contribution in [0.1, 0.15) is 41.9 Å². The molecule has 4 aromatic carbocycles. The Morgan fingerprint density at radius 3 is 2.35 bits per heavy atom. The van der Waals surface area contributed by atoms with E-state index in [1.165, 1.54) is 60.5 Å². The van der Waals surface area contributed by atoms with Gasteiger partial charge in [0.25, 0.3) is 0 Å². The predicted octanol–water partition coefficient (Wildman–Crippen LogP) is 8.40. The molecule has 0 bridgehead atoms. The Balaban J connectivity index is 1.46. The number of halogens is 5. The van der Waals surface area contributed by atoms with Crippen molar-refractivity contribution in [2.24, 2.45) is 0 Å². The van der Waals surface area contributed by atoms with E-state index in [1.807, 2.05) is 0 Å². The van der Waals surface area contributed by atoms with E-state index >= 15 is 0 Å². The highest BCUT2D eigenvalue weighted by Crippen LogP contribution is 2.32. The number of methoxy groups -OCH3 is 1. The minimum absolute atomic E-state index is 0.0484. The molecule has 5 aromatic rings. The van der Waals surface area contributed by atoms with E-state index in [1.54, 1.807) is 0 Å². The molecule has 0 N–H and O–H groups in total. The van der Waals surface area contributed by atoms with Crippen LogP contribution in [0, 0.1) is 11.6 Å². The van der Waals surface area contributed by atoms with Crippen LogP contribution in [0.5, 0.6) is 0 Å². The predicted molar refractivity (Wildman–Crippen MR) is 193 cm³/mol. The summed E-state index contributed by atoms with van der Waals surface area (Å²) in [6.07, 6.45) is -4.46. The first-order valence-corrected chi connectivity index (χ1v) is 17.1. The third kappa shape index (κ3) is 8.74. The summed E-state index contributed by atoms with van der Waals surface area (Å²) in [4.78, 5) is 31.0. The number of rotatable bonds is 12. The number of nitrogens with zero attached hydrogens (tertiary/aromatic N) is 3. The van der Waals surface area contributed by atoms with Crippen LogP contribution >= 0.6 is 11.8 Å². The number of aromatic nitrogens is 1. The minimum Gasteiger partial charge on any atom is -0.383 e. The first-order chi connectivity index (χ1) is 28.6. The smallest absolute Gasteiger partial charge is 0.383 e. The van der Waals surface area contributed by atoms with E-state index < -0.39 is 107 Å². The van der Waals surface area contributed by atoms with Crippen LogP contribution in [0.3, 0.4) is 0 Å². The second-order valence-electron chi connectivity index (χ2n) is 11.9. The molecule has 52 heavy (non-hydrogen) atoms. The topological polar surface area (TPSA) is 54.8 Å². The zero-order chi connectivity index (χ0) is 44.8. The maximum Gasteiger partial charge on any atom is 0.416 e. The number of para-hydroxylation sites is 1. The summed E-state index contributed by atoms with van der Waals surface area (Å²) in [6, 6.07) is 8.58. The molecular weight excluding hydrogens is 698 g/mol. The molecule has 272 valence electrons. The van der Waals surface area contributed by atoms with Gasteiger partial charge in [0, 0.05) is 64.7 Å². The molecule has 1 saturated heterocycles. The van der Waals surface area contributed by atoms with Gasteiger partial charge in [-0.15, -0.1) is 11.8 Å². The monoisotopic (exact) mass is 744 g/mol. The number of carbonyl (C=O) groups excluding carboxylic acids is 1. The fraction of sp³-hybridized carbons (Fsp3) is 0.300. The number of amides is 1. The van der Waals surface area contributed by atoms with Gasteiger partial charge in [0.05, 0.1) is 32.3 Å². The Morgan fingerprint density at radius 2 is 1.67 bits per heavy atom. The Morgan fingerprint density at radius 1 is 1.00 bits per heavy atom. The molecule has 0 unspecified atom stereocenters. The second kappa shape index (κ2) is 16.4. The van der Waals surface area contributed by atoms with E-state index in [2.05, 4.69) is 0 Å². The van der Waals surface area contributed by atoms with Gasteiger partial charge < -0.3 is 19.1 Å². The quantitative estimate of drug-likeness (QED) is 0.0950. The van der Waals surface area contributed by atoms with Crippen LogP contribution in [0.25, 0.3) is 22.0 Å². The van der Waals surface area contributed by atoms with Crippen LogP contribution in [0.4, 0.5) is 22.0 Å². The Labute approximate surface area is 315 Å². The SMILES string of the molecule is [2H]c1c([2H])c([2H])c2c(c1[2H])c(=O)c([2H])c(SCc1cccc(F)c1F)n2CC(=O)N(C1CCN(C([2H])([2H])COC)CC1)C([2H])([2H])c1ccc(-c2ccc(C(F)(F)F)cc2)cc1. The number of likely N-dealkylation sites (tertiary alicyclic amines) is 1. The van der Waals surface area contributed by atoms with Crippen molar-refractivity contribution in [3.8, 4) is 11.1 Å². The second-order valence-corrected chi connectivity index (χ2v) is 12.9. The van der Waals surface area contributed by atoms with Crippen molar-refractivity contribution in [3.05, 3.63) is 135 Å². The first-order valence-electron chi connectivity index (χ1n) is 20.6. The largest absolute Gasteiger partial charge is 0.416 e. The number of alkyl halides is 3. The molecular formula is C40H38F5N3O3S. The first kappa shape index (κ1) is 27.1. The molecule has 1 aliphatic rings. The summed E-state index contributed by atoms with van der Waals surface area (Å²) in [7, 11) is 1.34. The van der Waals surface area contributed by atoms with Crippen LogP contribution in [-0.4, -0.2) is 59.6 Å². The van der Waals surface area contributed by atoms with Crippen LogP contribution in [-0.2, 0) is 34.5 Å². The van der Waals surface area contributed by atoms with Crippen molar-refractivity contribution in [2.45, 2.75) is 48.9 Å². The lowest BCUT2D eigenvalue weighted by Crippen LogP contribution is -2.48. The van der Waals surface area contributed by atoms with Gasteiger partial charge in [0.2, 0.25) is 5.91 Å². The standard InChI is InChI=1S/C40H38F5N3O3S/c1-51-22-21-46-19-17-32(18-20-46)47(24-27-9-11-28(12-10-27)29-13-15-31(16-14-29)40(43,44)45)37(50)25-48-35-8-3-2-6-33(35)36(49)23-38(48)52-26-30-5-4-7-34(41)39(30)42/h2-16,23,32H,17-22,24-26H2,1H3/i2D,3D,6D,8D,21D2,23D,24D2.